The lowest BCUT2D eigenvalue weighted by Crippen LogP contribution is -2.57. The van der Waals surface area contributed by atoms with E-state index in [-0.39, 0.29) is 12.5 Å². The maximum absolute atomic E-state index is 13.3. The van der Waals surface area contributed by atoms with Crippen LogP contribution in [0.15, 0.2) is 40.6 Å². The highest BCUT2D eigenvalue weighted by Crippen LogP contribution is 2.30. The lowest BCUT2D eigenvalue weighted by Gasteiger charge is -2.32. The monoisotopic (exact) mass is 409 g/mol. The molecule has 4 rings (SSSR count). The largest absolute Gasteiger partial charge is 0.496 e. The average molecular weight is 409 g/mol. The number of hydrogen-bond acceptors (Lipinski definition) is 5. The third-order valence-corrected chi connectivity index (χ3v) is 5.68. The van der Waals surface area contributed by atoms with E-state index >= 15 is 0 Å². The first-order chi connectivity index (χ1) is 14.4. The van der Waals surface area contributed by atoms with Gasteiger partial charge in [-0.2, -0.15) is 9.48 Å². The molecule has 4 amide bonds. The number of urea groups is 1. The van der Waals surface area contributed by atoms with Crippen LogP contribution in [0.2, 0.25) is 0 Å². The number of carbonyl (C=O) groups excluding carboxylic acids is 3. The number of aliphatic imine (C=N–C) groups is 1. The van der Waals surface area contributed by atoms with Gasteiger partial charge in [0.1, 0.15) is 12.0 Å². The summed E-state index contributed by atoms with van der Waals surface area (Å²) < 4.78 is 7.05. The summed E-state index contributed by atoms with van der Waals surface area (Å²) in [4.78, 5) is 46.3. The number of imide groups is 1. The second-order valence-corrected chi connectivity index (χ2v) is 7.57. The van der Waals surface area contributed by atoms with E-state index in [1.54, 1.807) is 18.2 Å². The number of benzene rings is 1. The summed E-state index contributed by atoms with van der Waals surface area (Å²) in [6, 6.07) is 7.18. The van der Waals surface area contributed by atoms with Crippen molar-refractivity contribution in [3.05, 3.63) is 41.2 Å². The van der Waals surface area contributed by atoms with Crippen LogP contribution in [0.3, 0.4) is 0 Å². The molecule has 0 spiro atoms. The molecule has 0 saturated heterocycles. The molecule has 8 heteroatoms. The predicted molar refractivity (Wildman–Crippen MR) is 112 cm³/mol. The van der Waals surface area contributed by atoms with E-state index in [0.29, 0.717) is 24.7 Å². The molecule has 0 N–H and O–H groups in total. The molecular formula is C22H25N4O4+. The van der Waals surface area contributed by atoms with E-state index < -0.39 is 17.9 Å². The Balaban J connectivity index is 1.64. The first kappa shape index (κ1) is 20.0. The molecule has 0 saturated carbocycles. The highest BCUT2D eigenvalue weighted by Gasteiger charge is 2.51. The van der Waals surface area contributed by atoms with Crippen molar-refractivity contribution in [2.45, 2.75) is 26.7 Å². The lowest BCUT2D eigenvalue weighted by molar-refractivity contribution is -0.408. The number of amides is 4. The summed E-state index contributed by atoms with van der Waals surface area (Å²) in [7, 11) is 1.56. The van der Waals surface area contributed by atoms with Crippen molar-refractivity contribution in [2.24, 2.45) is 10.9 Å². The zero-order valence-corrected chi connectivity index (χ0v) is 17.4. The standard InChI is InChI=1S/C22H25N4O4/c1-4-30-19-14(2)12-23-20-18(19)21(28)26(22(29)24(20)3)13-17(27)25-11-7-9-15-8-5-6-10-16(15)25/h5-6,8,10,12,18H,4,7,9,11,13H2,1-3H3/q+1. The number of hydrogen-bond donors (Lipinski definition) is 0. The number of rotatable bonds is 4. The Hall–Kier alpha value is -3.29. The minimum atomic E-state index is -0.820. The van der Waals surface area contributed by atoms with E-state index in [2.05, 4.69) is 4.99 Å². The summed E-state index contributed by atoms with van der Waals surface area (Å²) in [5.74, 6) is -0.775. The topological polar surface area (TPSA) is 82.3 Å². The molecule has 0 bridgehead atoms. The normalized spacial score (nSPS) is 21.1. The van der Waals surface area contributed by atoms with Crippen LogP contribution in [-0.4, -0.2) is 66.1 Å². The quantitative estimate of drug-likeness (QED) is 0.712. The fraction of sp³-hybridized carbons (Fsp3) is 0.409. The van der Waals surface area contributed by atoms with Crippen molar-refractivity contribution in [3.63, 3.8) is 0 Å². The van der Waals surface area contributed by atoms with Gasteiger partial charge in [0.2, 0.25) is 0 Å². The SMILES string of the molecule is CCOC1=C(C)C=NC2=[N+](C)C(=O)N(CC(=O)N3CCCc4ccccc43)C(=O)C12. The number of fused-ring (bicyclic) bond motifs is 2. The Labute approximate surface area is 175 Å². The summed E-state index contributed by atoms with van der Waals surface area (Å²) in [6.45, 7) is 4.29. The molecule has 0 aromatic heterocycles. The number of anilines is 1. The minimum absolute atomic E-state index is 0.279. The number of dihydropyridines is 1. The Morgan fingerprint density at radius 3 is 2.83 bits per heavy atom. The van der Waals surface area contributed by atoms with Crippen LogP contribution in [0, 0.1) is 5.92 Å². The minimum Gasteiger partial charge on any atom is -0.496 e. The Bertz CT molecular complexity index is 1020. The maximum atomic E-state index is 13.3. The number of aryl methyl sites for hydroxylation is 1. The molecular weight excluding hydrogens is 384 g/mol. The molecule has 1 aromatic carbocycles. The summed E-state index contributed by atoms with van der Waals surface area (Å²) >= 11 is 0. The highest BCUT2D eigenvalue weighted by atomic mass is 16.5. The third-order valence-electron chi connectivity index (χ3n) is 5.68. The van der Waals surface area contributed by atoms with Crippen molar-refractivity contribution in [2.75, 3.05) is 31.6 Å². The second kappa shape index (κ2) is 7.85. The summed E-state index contributed by atoms with van der Waals surface area (Å²) in [6.07, 6.45) is 3.35. The molecule has 30 heavy (non-hydrogen) atoms. The molecule has 156 valence electrons. The molecule has 0 fully saturated rings. The molecule has 3 heterocycles. The molecule has 3 aliphatic heterocycles. The van der Waals surface area contributed by atoms with Gasteiger partial charge < -0.3 is 9.64 Å². The number of amidine groups is 1. The van der Waals surface area contributed by atoms with Crippen LogP contribution in [0.1, 0.15) is 25.8 Å². The molecule has 0 aliphatic carbocycles. The van der Waals surface area contributed by atoms with Gasteiger partial charge in [0, 0.05) is 17.8 Å². The fourth-order valence-electron chi connectivity index (χ4n) is 4.19. The van der Waals surface area contributed by atoms with Crippen LogP contribution in [0.25, 0.3) is 0 Å². The van der Waals surface area contributed by atoms with Gasteiger partial charge in [0.15, 0.2) is 12.5 Å². The maximum Gasteiger partial charge on any atom is 0.446 e. The third kappa shape index (κ3) is 3.22. The smallest absolute Gasteiger partial charge is 0.446 e. The average Bonchev–Trinajstić information content (AvgIpc) is 2.76. The number of allylic oxidation sites excluding steroid dienone is 1. The van der Waals surface area contributed by atoms with Gasteiger partial charge in [-0.25, -0.2) is 4.79 Å². The molecule has 0 radical (unpaired) electrons. The van der Waals surface area contributed by atoms with Crippen LogP contribution >= 0.6 is 0 Å². The fourth-order valence-corrected chi connectivity index (χ4v) is 4.19. The molecule has 8 nitrogen and oxygen atoms in total. The Morgan fingerprint density at radius 2 is 2.07 bits per heavy atom. The summed E-state index contributed by atoms with van der Waals surface area (Å²) in [5, 5.41) is 0. The first-order valence-corrected chi connectivity index (χ1v) is 10.2. The van der Waals surface area contributed by atoms with Crippen LogP contribution in [-0.2, 0) is 20.7 Å². The van der Waals surface area contributed by atoms with Gasteiger partial charge in [-0.15, -0.1) is 4.99 Å². The van der Waals surface area contributed by atoms with Gasteiger partial charge in [0.05, 0.1) is 13.7 Å². The number of ether oxygens (including phenoxy) is 1. The Morgan fingerprint density at radius 1 is 1.30 bits per heavy atom. The van der Waals surface area contributed by atoms with Crippen molar-refractivity contribution in [3.8, 4) is 0 Å². The Kier molecular flexibility index (Phi) is 5.24. The van der Waals surface area contributed by atoms with Crippen LogP contribution in [0.5, 0.6) is 0 Å². The summed E-state index contributed by atoms with van der Waals surface area (Å²) in [5.41, 5.74) is 2.68. The van der Waals surface area contributed by atoms with E-state index in [9.17, 15) is 14.4 Å². The van der Waals surface area contributed by atoms with Gasteiger partial charge in [0.25, 0.3) is 11.7 Å². The molecule has 1 unspecified atom stereocenters. The van der Waals surface area contributed by atoms with Gasteiger partial charge >= 0.3 is 11.9 Å². The highest BCUT2D eigenvalue weighted by molar-refractivity contribution is 6.17. The van der Waals surface area contributed by atoms with Gasteiger partial charge in [-0.05, 0) is 38.3 Å². The van der Waals surface area contributed by atoms with Gasteiger partial charge in [-0.1, -0.05) is 18.2 Å². The molecule has 1 atom stereocenters. The number of para-hydroxylation sites is 1. The van der Waals surface area contributed by atoms with Crippen molar-refractivity contribution >= 4 is 35.6 Å². The predicted octanol–water partition coefficient (Wildman–Crippen LogP) is 1.98. The number of nitrogens with zero attached hydrogens (tertiary/aromatic N) is 4. The first-order valence-electron chi connectivity index (χ1n) is 10.2. The lowest BCUT2D eigenvalue weighted by atomic mass is 9.96. The van der Waals surface area contributed by atoms with E-state index in [1.165, 1.54) is 4.58 Å². The van der Waals surface area contributed by atoms with Crippen LogP contribution < -0.4 is 4.90 Å². The van der Waals surface area contributed by atoms with Crippen LogP contribution in [0.4, 0.5) is 10.5 Å². The molecule has 1 aromatic rings. The van der Waals surface area contributed by atoms with E-state index in [1.807, 2.05) is 38.1 Å². The molecule has 3 aliphatic rings. The zero-order chi connectivity index (χ0) is 21.4. The zero-order valence-electron chi connectivity index (χ0n) is 17.4. The van der Waals surface area contributed by atoms with E-state index in [4.69, 9.17) is 4.74 Å². The second-order valence-electron chi connectivity index (χ2n) is 7.57. The van der Waals surface area contributed by atoms with Crippen molar-refractivity contribution < 1.29 is 23.7 Å². The number of carbonyl (C=O) groups is 3. The van der Waals surface area contributed by atoms with Crippen molar-refractivity contribution in [1.29, 1.82) is 0 Å². The van der Waals surface area contributed by atoms with Crippen molar-refractivity contribution in [1.82, 2.24) is 4.90 Å². The van der Waals surface area contributed by atoms with E-state index in [0.717, 1.165) is 34.6 Å². The van der Waals surface area contributed by atoms with Gasteiger partial charge in [-0.3, -0.25) is 9.59 Å².